The number of halogens is 1. The molecular formula is C11H14ClNO2. The minimum absolute atomic E-state index is 0.330. The van der Waals surface area contributed by atoms with E-state index in [4.69, 9.17) is 16.7 Å². The van der Waals surface area contributed by atoms with Gasteiger partial charge in [-0.1, -0.05) is 48.9 Å². The van der Waals surface area contributed by atoms with Gasteiger partial charge in [-0.05, 0) is 12.0 Å². The molecule has 0 aliphatic carbocycles. The first-order chi connectivity index (χ1) is 7.08. The van der Waals surface area contributed by atoms with Crippen LogP contribution in [0.15, 0.2) is 30.3 Å². The smallest absolute Gasteiger partial charge is 0.339 e. The number of carboxylic acid groups (broad SMARTS) is 1. The van der Waals surface area contributed by atoms with E-state index >= 15 is 0 Å². The van der Waals surface area contributed by atoms with E-state index in [1.54, 1.807) is 6.92 Å². The lowest BCUT2D eigenvalue weighted by Crippen LogP contribution is -2.46. The Morgan fingerprint density at radius 1 is 1.47 bits per heavy atom. The lowest BCUT2D eigenvalue weighted by molar-refractivity contribution is -0.141. The topological polar surface area (TPSA) is 49.3 Å². The van der Waals surface area contributed by atoms with Crippen molar-refractivity contribution in [3.8, 4) is 0 Å². The van der Waals surface area contributed by atoms with Gasteiger partial charge in [0.25, 0.3) is 0 Å². The Morgan fingerprint density at radius 3 is 2.53 bits per heavy atom. The third-order valence-corrected chi connectivity index (χ3v) is 2.80. The summed E-state index contributed by atoms with van der Waals surface area (Å²) in [5, 5.41) is 11.7. The first kappa shape index (κ1) is 12.0. The maximum atomic E-state index is 10.9. The highest BCUT2D eigenvalue weighted by Gasteiger charge is 2.33. The fourth-order valence-electron chi connectivity index (χ4n) is 1.19. The maximum absolute atomic E-state index is 10.9. The second-order valence-electron chi connectivity index (χ2n) is 3.30. The van der Waals surface area contributed by atoms with Gasteiger partial charge in [0.05, 0.1) is 0 Å². The Labute approximate surface area is 94.1 Å². The van der Waals surface area contributed by atoms with Gasteiger partial charge in [0.1, 0.15) is 0 Å². The predicted molar refractivity (Wildman–Crippen MR) is 59.8 cm³/mol. The third-order valence-electron chi connectivity index (χ3n) is 2.24. The molecule has 0 saturated carbocycles. The third kappa shape index (κ3) is 3.22. The molecule has 3 nitrogen and oxygen atoms in total. The van der Waals surface area contributed by atoms with Gasteiger partial charge in [-0.25, -0.2) is 4.79 Å². The molecule has 82 valence electrons. The summed E-state index contributed by atoms with van der Waals surface area (Å²) in [4.78, 5) is 9.51. The fourth-order valence-corrected chi connectivity index (χ4v) is 1.26. The first-order valence-electron chi connectivity index (χ1n) is 4.80. The van der Waals surface area contributed by atoms with Crippen LogP contribution in [0.5, 0.6) is 0 Å². The predicted octanol–water partition coefficient (Wildman–Crippen LogP) is 2.21. The van der Waals surface area contributed by atoms with Crippen molar-refractivity contribution >= 4 is 17.6 Å². The number of carbonyl (C=O) groups is 1. The van der Waals surface area contributed by atoms with Crippen LogP contribution in [0.1, 0.15) is 18.9 Å². The van der Waals surface area contributed by atoms with Crippen molar-refractivity contribution in [3.05, 3.63) is 35.9 Å². The van der Waals surface area contributed by atoms with Gasteiger partial charge in [0, 0.05) is 6.54 Å². The monoisotopic (exact) mass is 227 g/mol. The summed E-state index contributed by atoms with van der Waals surface area (Å²) in [6.45, 7) is 2.18. The number of hydrogen-bond acceptors (Lipinski definition) is 2. The van der Waals surface area contributed by atoms with Crippen LogP contribution in [0.3, 0.4) is 0 Å². The summed E-state index contributed by atoms with van der Waals surface area (Å²) < 4.78 is 0. The van der Waals surface area contributed by atoms with E-state index in [0.29, 0.717) is 13.0 Å². The van der Waals surface area contributed by atoms with Crippen molar-refractivity contribution in [3.63, 3.8) is 0 Å². The van der Waals surface area contributed by atoms with Gasteiger partial charge >= 0.3 is 5.97 Å². The molecule has 0 aliphatic heterocycles. The number of aliphatic carboxylic acids is 1. The quantitative estimate of drug-likeness (QED) is 0.599. The van der Waals surface area contributed by atoms with Crippen LogP contribution in [-0.4, -0.2) is 16.1 Å². The van der Waals surface area contributed by atoms with Crippen molar-refractivity contribution in [1.82, 2.24) is 5.32 Å². The van der Waals surface area contributed by atoms with Crippen LogP contribution in [0.2, 0.25) is 0 Å². The number of benzene rings is 1. The Morgan fingerprint density at radius 2 is 2.07 bits per heavy atom. The molecule has 0 radical (unpaired) electrons. The molecule has 1 rings (SSSR count). The lowest BCUT2D eigenvalue weighted by atomic mass is 10.2. The summed E-state index contributed by atoms with van der Waals surface area (Å²) in [5.41, 5.74) is 1.01. The van der Waals surface area contributed by atoms with Crippen molar-refractivity contribution in [2.75, 3.05) is 0 Å². The second-order valence-corrected chi connectivity index (χ2v) is 3.94. The molecule has 1 aromatic carbocycles. The molecule has 0 fully saturated rings. The van der Waals surface area contributed by atoms with Crippen LogP contribution >= 0.6 is 11.6 Å². The van der Waals surface area contributed by atoms with Crippen LogP contribution in [0, 0.1) is 0 Å². The van der Waals surface area contributed by atoms with Gasteiger partial charge in [-0.2, -0.15) is 0 Å². The van der Waals surface area contributed by atoms with Crippen LogP contribution in [0.4, 0.5) is 0 Å². The minimum Gasteiger partial charge on any atom is -0.479 e. The normalized spacial score (nSPS) is 14.5. The van der Waals surface area contributed by atoms with Crippen LogP contribution in [-0.2, 0) is 11.3 Å². The number of nitrogens with one attached hydrogen (secondary N) is 1. The van der Waals surface area contributed by atoms with Crippen molar-refractivity contribution < 1.29 is 9.90 Å². The van der Waals surface area contributed by atoms with E-state index in [1.165, 1.54) is 0 Å². The van der Waals surface area contributed by atoms with E-state index in [1.807, 2.05) is 30.3 Å². The van der Waals surface area contributed by atoms with E-state index in [9.17, 15) is 4.79 Å². The Bertz CT molecular complexity index is 329. The first-order valence-corrected chi connectivity index (χ1v) is 5.17. The van der Waals surface area contributed by atoms with Gasteiger partial charge in [-0.3, -0.25) is 5.32 Å². The molecule has 0 bridgehead atoms. The summed E-state index contributed by atoms with van der Waals surface area (Å²) in [6.07, 6.45) is 0.330. The second kappa shape index (κ2) is 5.14. The zero-order chi connectivity index (χ0) is 11.3. The summed E-state index contributed by atoms with van der Waals surface area (Å²) in [6, 6.07) is 9.55. The van der Waals surface area contributed by atoms with E-state index in [0.717, 1.165) is 5.56 Å². The van der Waals surface area contributed by atoms with Crippen molar-refractivity contribution in [2.45, 2.75) is 24.9 Å². The standard InChI is InChI=1S/C11H14ClNO2/c1-2-11(12,10(14)15)13-8-9-6-4-3-5-7-9/h3-7,13H,2,8H2,1H3,(H,14,15). The zero-order valence-corrected chi connectivity index (χ0v) is 9.29. The molecule has 1 unspecified atom stereocenters. The molecule has 0 heterocycles. The number of alkyl halides is 1. The van der Waals surface area contributed by atoms with Gasteiger partial charge in [0.2, 0.25) is 0 Å². The molecule has 0 aromatic heterocycles. The van der Waals surface area contributed by atoms with Crippen LogP contribution in [0.25, 0.3) is 0 Å². The highest BCUT2D eigenvalue weighted by Crippen LogP contribution is 2.17. The average molecular weight is 228 g/mol. The molecule has 4 heteroatoms. The van der Waals surface area contributed by atoms with E-state index in [2.05, 4.69) is 5.32 Å². The Kier molecular flexibility index (Phi) is 4.12. The molecule has 1 aromatic rings. The molecule has 0 amide bonds. The highest BCUT2D eigenvalue weighted by molar-refractivity contribution is 6.33. The Balaban J connectivity index is 2.59. The molecule has 1 atom stereocenters. The molecule has 0 spiro atoms. The van der Waals surface area contributed by atoms with Gasteiger partial charge in [-0.15, -0.1) is 0 Å². The highest BCUT2D eigenvalue weighted by atomic mass is 35.5. The van der Waals surface area contributed by atoms with E-state index in [-0.39, 0.29) is 0 Å². The number of rotatable bonds is 5. The molecule has 0 saturated heterocycles. The lowest BCUT2D eigenvalue weighted by Gasteiger charge is -2.21. The molecule has 0 aliphatic rings. The summed E-state index contributed by atoms with van der Waals surface area (Å²) in [5.74, 6) is -1.04. The van der Waals surface area contributed by atoms with Crippen molar-refractivity contribution in [1.29, 1.82) is 0 Å². The fraction of sp³-hybridized carbons (Fsp3) is 0.364. The van der Waals surface area contributed by atoms with Crippen LogP contribution < -0.4 is 5.32 Å². The minimum atomic E-state index is -1.37. The summed E-state index contributed by atoms with van der Waals surface area (Å²) in [7, 11) is 0. The molecular weight excluding hydrogens is 214 g/mol. The van der Waals surface area contributed by atoms with Crippen molar-refractivity contribution in [2.24, 2.45) is 0 Å². The SMILES string of the molecule is CCC(Cl)(NCc1ccccc1)C(=O)O. The van der Waals surface area contributed by atoms with Gasteiger partial charge in [0.15, 0.2) is 5.00 Å². The zero-order valence-electron chi connectivity index (χ0n) is 8.53. The van der Waals surface area contributed by atoms with Gasteiger partial charge < -0.3 is 5.11 Å². The maximum Gasteiger partial charge on any atom is 0.339 e. The number of carboxylic acids is 1. The Hall–Kier alpha value is -1.06. The largest absolute Gasteiger partial charge is 0.479 e. The number of hydrogen-bond donors (Lipinski definition) is 2. The van der Waals surface area contributed by atoms with E-state index < -0.39 is 11.0 Å². The summed E-state index contributed by atoms with van der Waals surface area (Å²) >= 11 is 5.90. The molecule has 2 N–H and O–H groups in total. The molecule has 15 heavy (non-hydrogen) atoms. The average Bonchev–Trinajstić information content (AvgIpc) is 2.27.